The van der Waals surface area contributed by atoms with Gasteiger partial charge in [-0.1, -0.05) is 32.0 Å². The van der Waals surface area contributed by atoms with Crippen LogP contribution in [0.15, 0.2) is 42.5 Å². The van der Waals surface area contributed by atoms with Crippen LogP contribution in [-0.4, -0.2) is 18.4 Å². The van der Waals surface area contributed by atoms with Crippen molar-refractivity contribution < 1.29 is 18.7 Å². The van der Waals surface area contributed by atoms with Gasteiger partial charge >= 0.3 is 0 Å². The summed E-state index contributed by atoms with van der Waals surface area (Å²) in [5.41, 5.74) is 6.62. The summed E-state index contributed by atoms with van der Waals surface area (Å²) >= 11 is 0. The van der Waals surface area contributed by atoms with E-state index in [9.17, 15) is 14.0 Å². The Labute approximate surface area is 146 Å². The summed E-state index contributed by atoms with van der Waals surface area (Å²) < 4.78 is 18.7. The van der Waals surface area contributed by atoms with Gasteiger partial charge in [0.25, 0.3) is 11.8 Å². The third-order valence-electron chi connectivity index (χ3n) is 3.55. The van der Waals surface area contributed by atoms with Gasteiger partial charge in [0.15, 0.2) is 6.61 Å². The summed E-state index contributed by atoms with van der Waals surface area (Å²) in [6.07, 6.45) is 0. The van der Waals surface area contributed by atoms with E-state index in [1.807, 2.05) is 39.0 Å². The van der Waals surface area contributed by atoms with Crippen LogP contribution < -0.4 is 15.6 Å². The highest BCUT2D eigenvalue weighted by atomic mass is 19.1. The van der Waals surface area contributed by atoms with Gasteiger partial charge in [0, 0.05) is 5.56 Å². The Kier molecular flexibility index (Phi) is 6.11. The average molecular weight is 344 g/mol. The molecule has 2 aromatic carbocycles. The highest BCUT2D eigenvalue weighted by molar-refractivity contribution is 5.95. The first-order valence-corrected chi connectivity index (χ1v) is 7.95. The lowest BCUT2D eigenvalue weighted by molar-refractivity contribution is -0.123. The maximum Gasteiger partial charge on any atom is 0.276 e. The fourth-order valence-corrected chi connectivity index (χ4v) is 2.25. The number of carbonyl (C=O) groups is 2. The first kappa shape index (κ1) is 18.4. The molecule has 0 aliphatic carbocycles. The zero-order valence-electron chi connectivity index (χ0n) is 14.4. The van der Waals surface area contributed by atoms with Gasteiger partial charge in [-0.05, 0) is 48.2 Å². The molecule has 0 spiro atoms. The first-order valence-electron chi connectivity index (χ1n) is 7.95. The smallest absolute Gasteiger partial charge is 0.276 e. The van der Waals surface area contributed by atoms with Crippen molar-refractivity contribution >= 4 is 11.8 Å². The van der Waals surface area contributed by atoms with E-state index in [4.69, 9.17) is 4.74 Å². The van der Waals surface area contributed by atoms with Crippen LogP contribution in [0.4, 0.5) is 4.39 Å². The monoisotopic (exact) mass is 344 g/mol. The number of benzene rings is 2. The number of halogens is 1. The fraction of sp³-hybridized carbons (Fsp3) is 0.263. The van der Waals surface area contributed by atoms with Crippen LogP contribution in [0.1, 0.15) is 41.3 Å². The molecule has 6 heteroatoms. The Morgan fingerprint density at radius 2 is 1.88 bits per heavy atom. The predicted octanol–water partition coefficient (Wildman–Crippen LogP) is 3.10. The number of aryl methyl sites for hydroxylation is 1. The number of ether oxygens (including phenoxy) is 1. The second-order valence-electron chi connectivity index (χ2n) is 6.00. The topological polar surface area (TPSA) is 67.4 Å². The van der Waals surface area contributed by atoms with Crippen LogP contribution in [0.3, 0.4) is 0 Å². The number of amides is 2. The summed E-state index contributed by atoms with van der Waals surface area (Å²) in [6.45, 7) is 5.77. The van der Waals surface area contributed by atoms with Crippen LogP contribution in [0.5, 0.6) is 5.75 Å². The normalized spacial score (nSPS) is 10.4. The van der Waals surface area contributed by atoms with Crippen molar-refractivity contribution in [1.29, 1.82) is 0 Å². The standard InChI is InChI=1S/C19H21FN2O3/c1-12(2)16-8-7-13(3)9-17(16)25-11-18(23)21-22-19(24)14-5-4-6-15(20)10-14/h4-10,12H,11H2,1-3H3,(H,21,23)(H,22,24). The zero-order chi connectivity index (χ0) is 18.4. The summed E-state index contributed by atoms with van der Waals surface area (Å²) in [6, 6.07) is 11.0. The summed E-state index contributed by atoms with van der Waals surface area (Å²) in [4.78, 5) is 23.7. The maximum absolute atomic E-state index is 13.1. The van der Waals surface area contributed by atoms with E-state index in [2.05, 4.69) is 10.9 Å². The van der Waals surface area contributed by atoms with Crippen molar-refractivity contribution in [3.05, 3.63) is 65.0 Å². The second kappa shape index (κ2) is 8.28. The van der Waals surface area contributed by atoms with E-state index in [1.165, 1.54) is 18.2 Å². The SMILES string of the molecule is Cc1ccc(C(C)C)c(OCC(=O)NNC(=O)c2cccc(F)c2)c1. The molecule has 0 atom stereocenters. The number of hydrazine groups is 1. The fourth-order valence-electron chi connectivity index (χ4n) is 2.25. The maximum atomic E-state index is 13.1. The number of rotatable bonds is 5. The van der Waals surface area contributed by atoms with Crippen molar-refractivity contribution in [2.24, 2.45) is 0 Å². The minimum Gasteiger partial charge on any atom is -0.483 e. The summed E-state index contributed by atoms with van der Waals surface area (Å²) in [5.74, 6) is -0.747. The Morgan fingerprint density at radius 1 is 1.12 bits per heavy atom. The molecule has 2 amide bonds. The summed E-state index contributed by atoms with van der Waals surface area (Å²) in [7, 11) is 0. The molecule has 0 radical (unpaired) electrons. The van der Waals surface area contributed by atoms with Crippen molar-refractivity contribution in [2.45, 2.75) is 26.7 Å². The van der Waals surface area contributed by atoms with Crippen LogP contribution in [0.25, 0.3) is 0 Å². The molecular formula is C19H21FN2O3. The molecule has 5 nitrogen and oxygen atoms in total. The lowest BCUT2D eigenvalue weighted by Crippen LogP contribution is -2.43. The number of hydrogen-bond donors (Lipinski definition) is 2. The van der Waals surface area contributed by atoms with Crippen LogP contribution in [0, 0.1) is 12.7 Å². The minimum atomic E-state index is -0.605. The van der Waals surface area contributed by atoms with Gasteiger partial charge in [-0.2, -0.15) is 0 Å². The molecule has 2 aromatic rings. The largest absolute Gasteiger partial charge is 0.483 e. The van der Waals surface area contributed by atoms with Gasteiger partial charge in [0.2, 0.25) is 0 Å². The summed E-state index contributed by atoms with van der Waals surface area (Å²) in [5, 5.41) is 0. The van der Waals surface area contributed by atoms with Crippen molar-refractivity contribution in [3.8, 4) is 5.75 Å². The predicted molar refractivity (Wildman–Crippen MR) is 92.8 cm³/mol. The molecule has 0 aliphatic rings. The zero-order valence-corrected chi connectivity index (χ0v) is 14.4. The Hall–Kier alpha value is -2.89. The van der Waals surface area contributed by atoms with Gasteiger partial charge in [0.05, 0.1) is 0 Å². The third kappa shape index (κ3) is 5.31. The second-order valence-corrected chi connectivity index (χ2v) is 6.00. The lowest BCUT2D eigenvalue weighted by atomic mass is 10.0. The lowest BCUT2D eigenvalue weighted by Gasteiger charge is -2.15. The number of carbonyl (C=O) groups excluding carboxylic acids is 2. The first-order chi connectivity index (χ1) is 11.9. The Bertz CT molecular complexity index is 775. The molecule has 0 bridgehead atoms. The molecule has 0 aliphatic heterocycles. The molecule has 2 N–H and O–H groups in total. The Morgan fingerprint density at radius 3 is 2.56 bits per heavy atom. The quantitative estimate of drug-likeness (QED) is 0.819. The molecule has 0 heterocycles. The number of hydrogen-bond acceptors (Lipinski definition) is 3. The van der Waals surface area contributed by atoms with Gasteiger partial charge in [-0.25, -0.2) is 4.39 Å². The highest BCUT2D eigenvalue weighted by Crippen LogP contribution is 2.27. The third-order valence-corrected chi connectivity index (χ3v) is 3.55. The van der Waals surface area contributed by atoms with Crippen molar-refractivity contribution in [1.82, 2.24) is 10.9 Å². The van der Waals surface area contributed by atoms with Crippen molar-refractivity contribution in [3.63, 3.8) is 0 Å². The molecule has 0 saturated carbocycles. The van der Waals surface area contributed by atoms with E-state index >= 15 is 0 Å². The van der Waals surface area contributed by atoms with E-state index < -0.39 is 17.6 Å². The van der Waals surface area contributed by atoms with Gasteiger partial charge < -0.3 is 4.74 Å². The average Bonchev–Trinajstić information content (AvgIpc) is 2.57. The molecule has 25 heavy (non-hydrogen) atoms. The van der Waals surface area contributed by atoms with Gasteiger partial charge in [0.1, 0.15) is 11.6 Å². The van der Waals surface area contributed by atoms with E-state index in [0.717, 1.165) is 17.2 Å². The molecule has 0 unspecified atom stereocenters. The van der Waals surface area contributed by atoms with Crippen LogP contribution >= 0.6 is 0 Å². The van der Waals surface area contributed by atoms with Gasteiger partial charge in [-0.15, -0.1) is 0 Å². The molecule has 2 rings (SSSR count). The molecule has 0 aromatic heterocycles. The van der Waals surface area contributed by atoms with Gasteiger partial charge in [-0.3, -0.25) is 20.4 Å². The number of nitrogens with one attached hydrogen (secondary N) is 2. The highest BCUT2D eigenvalue weighted by Gasteiger charge is 2.11. The van der Waals surface area contributed by atoms with E-state index in [-0.39, 0.29) is 18.1 Å². The minimum absolute atomic E-state index is 0.113. The molecule has 0 saturated heterocycles. The van der Waals surface area contributed by atoms with E-state index in [1.54, 1.807) is 0 Å². The van der Waals surface area contributed by atoms with E-state index in [0.29, 0.717) is 5.75 Å². The van der Waals surface area contributed by atoms with Crippen LogP contribution in [0.2, 0.25) is 0 Å². The molecule has 132 valence electrons. The van der Waals surface area contributed by atoms with Crippen LogP contribution in [-0.2, 0) is 4.79 Å². The molecule has 0 fully saturated rings. The molecular weight excluding hydrogens is 323 g/mol. The van der Waals surface area contributed by atoms with Crippen molar-refractivity contribution in [2.75, 3.05) is 6.61 Å². The Balaban J connectivity index is 1.89.